The molecular weight excluding hydrogens is 378 g/mol. The van der Waals surface area contributed by atoms with Crippen molar-refractivity contribution in [3.63, 3.8) is 0 Å². The molecule has 2 aliphatic rings. The van der Waals surface area contributed by atoms with E-state index in [1.54, 1.807) is 0 Å². The Balaban J connectivity index is 1.39. The van der Waals surface area contributed by atoms with Crippen LogP contribution in [-0.2, 0) is 4.74 Å². The molecule has 2 fully saturated rings. The van der Waals surface area contributed by atoms with Gasteiger partial charge in [0.05, 0.1) is 13.2 Å². The van der Waals surface area contributed by atoms with Crippen LogP contribution in [0.25, 0.3) is 0 Å². The fraction of sp³-hybridized carbons (Fsp3) is 0.652. The summed E-state index contributed by atoms with van der Waals surface area (Å²) in [5.41, 5.74) is 0.910. The molecule has 1 aromatic rings. The third-order valence-electron chi connectivity index (χ3n) is 6.24. The van der Waals surface area contributed by atoms with Gasteiger partial charge in [0.2, 0.25) is 0 Å². The number of hydrogen-bond donors (Lipinski definition) is 3. The Morgan fingerprint density at radius 3 is 2.43 bits per heavy atom. The molecule has 3 rings (SSSR count). The second-order valence-corrected chi connectivity index (χ2v) is 8.21. The van der Waals surface area contributed by atoms with Crippen LogP contribution in [0.4, 0.5) is 0 Å². The lowest BCUT2D eigenvalue weighted by molar-refractivity contribution is -0.0352. The van der Waals surface area contributed by atoms with E-state index in [0.717, 1.165) is 51.8 Å². The molecule has 1 aromatic carbocycles. The second kappa shape index (κ2) is 11.9. The first-order chi connectivity index (χ1) is 14.7. The fourth-order valence-corrected chi connectivity index (χ4v) is 4.51. The number of guanidine groups is 1. The van der Waals surface area contributed by atoms with Crippen LogP contribution < -0.4 is 16.0 Å². The van der Waals surface area contributed by atoms with Crippen LogP contribution >= 0.6 is 0 Å². The Morgan fingerprint density at radius 2 is 1.73 bits per heavy atom. The van der Waals surface area contributed by atoms with Gasteiger partial charge in [0, 0.05) is 50.9 Å². The number of carbonyl (C=O) groups excluding carboxylic acids is 1. The van der Waals surface area contributed by atoms with E-state index in [0.29, 0.717) is 12.1 Å². The van der Waals surface area contributed by atoms with Crippen molar-refractivity contribution in [2.75, 3.05) is 53.0 Å². The molecule has 0 radical (unpaired) electrons. The lowest BCUT2D eigenvalue weighted by atomic mass is 9.80. The normalized spacial score (nSPS) is 19.8. The van der Waals surface area contributed by atoms with Crippen molar-refractivity contribution in [2.45, 2.75) is 44.1 Å². The lowest BCUT2D eigenvalue weighted by Gasteiger charge is -2.48. The molecule has 1 saturated carbocycles. The van der Waals surface area contributed by atoms with E-state index in [1.807, 2.05) is 37.4 Å². The van der Waals surface area contributed by atoms with E-state index in [4.69, 9.17) is 4.74 Å². The summed E-state index contributed by atoms with van der Waals surface area (Å²) in [7, 11) is 1.81. The minimum absolute atomic E-state index is 0.0251. The molecule has 0 aromatic heterocycles. The molecule has 3 N–H and O–H groups in total. The molecule has 1 aliphatic carbocycles. The van der Waals surface area contributed by atoms with Crippen LogP contribution in [0.5, 0.6) is 0 Å². The Bertz CT molecular complexity index is 667. The van der Waals surface area contributed by atoms with Crippen LogP contribution in [-0.4, -0.2) is 75.3 Å². The molecule has 0 atom stereocenters. The summed E-state index contributed by atoms with van der Waals surface area (Å²) in [5, 5.41) is 9.92. The highest BCUT2D eigenvalue weighted by molar-refractivity contribution is 5.94. The Labute approximate surface area is 180 Å². The monoisotopic (exact) mass is 415 g/mol. The molecule has 1 amide bonds. The summed E-state index contributed by atoms with van der Waals surface area (Å²) in [5.74, 6) is 0.811. The average Bonchev–Trinajstić information content (AvgIpc) is 2.82. The van der Waals surface area contributed by atoms with Gasteiger partial charge in [-0.15, -0.1) is 0 Å². The Hall–Kier alpha value is -2.12. The number of morpholine rings is 1. The molecule has 1 saturated heterocycles. The fourth-order valence-electron chi connectivity index (χ4n) is 4.51. The van der Waals surface area contributed by atoms with Gasteiger partial charge in [0.15, 0.2) is 5.96 Å². The predicted octanol–water partition coefficient (Wildman–Crippen LogP) is 2.01. The molecule has 1 aliphatic heterocycles. The smallest absolute Gasteiger partial charge is 0.251 e. The standard InChI is InChI=1S/C23H37N5O2/c1-24-22(26-14-8-13-25-21(29)20-9-4-2-5-10-20)27-19-23(11-6-3-7-12-23)28-15-17-30-18-16-28/h2,4-5,9-10H,3,6-8,11-19H2,1H3,(H,25,29)(H2,24,26,27). The number of nitrogens with zero attached hydrogens (tertiary/aromatic N) is 2. The zero-order valence-corrected chi connectivity index (χ0v) is 18.3. The van der Waals surface area contributed by atoms with E-state index in [9.17, 15) is 4.79 Å². The molecule has 7 heteroatoms. The number of nitrogens with one attached hydrogen (secondary N) is 3. The van der Waals surface area contributed by atoms with Crippen molar-refractivity contribution < 1.29 is 9.53 Å². The molecule has 0 spiro atoms. The largest absolute Gasteiger partial charge is 0.379 e. The number of aliphatic imine (C=N–C) groups is 1. The third-order valence-corrected chi connectivity index (χ3v) is 6.24. The highest BCUT2D eigenvalue weighted by atomic mass is 16.5. The molecule has 30 heavy (non-hydrogen) atoms. The predicted molar refractivity (Wildman–Crippen MR) is 121 cm³/mol. The summed E-state index contributed by atoms with van der Waals surface area (Å²) in [6.07, 6.45) is 7.25. The van der Waals surface area contributed by atoms with Crippen molar-refractivity contribution in [1.29, 1.82) is 0 Å². The van der Waals surface area contributed by atoms with E-state index in [-0.39, 0.29) is 11.4 Å². The molecular formula is C23H37N5O2. The van der Waals surface area contributed by atoms with Gasteiger partial charge in [0.25, 0.3) is 5.91 Å². The quantitative estimate of drug-likeness (QED) is 0.344. The number of hydrogen-bond acceptors (Lipinski definition) is 4. The maximum Gasteiger partial charge on any atom is 0.251 e. The van der Waals surface area contributed by atoms with Gasteiger partial charge in [-0.1, -0.05) is 37.5 Å². The summed E-state index contributed by atoms with van der Waals surface area (Å²) >= 11 is 0. The maximum absolute atomic E-state index is 12.1. The molecule has 7 nitrogen and oxygen atoms in total. The summed E-state index contributed by atoms with van der Waals surface area (Å²) in [4.78, 5) is 19.1. The maximum atomic E-state index is 12.1. The van der Waals surface area contributed by atoms with Crippen molar-refractivity contribution in [1.82, 2.24) is 20.9 Å². The first-order valence-corrected chi connectivity index (χ1v) is 11.3. The van der Waals surface area contributed by atoms with E-state index in [1.165, 1.54) is 32.1 Å². The minimum Gasteiger partial charge on any atom is -0.379 e. The molecule has 0 bridgehead atoms. The van der Waals surface area contributed by atoms with Gasteiger partial charge < -0.3 is 20.7 Å². The van der Waals surface area contributed by atoms with Crippen LogP contribution in [0.1, 0.15) is 48.9 Å². The van der Waals surface area contributed by atoms with E-state index in [2.05, 4.69) is 25.8 Å². The molecule has 1 heterocycles. The van der Waals surface area contributed by atoms with Crippen molar-refractivity contribution in [3.05, 3.63) is 35.9 Å². The first-order valence-electron chi connectivity index (χ1n) is 11.3. The van der Waals surface area contributed by atoms with Gasteiger partial charge in [-0.25, -0.2) is 0 Å². The zero-order valence-electron chi connectivity index (χ0n) is 18.3. The van der Waals surface area contributed by atoms with Gasteiger partial charge in [-0.2, -0.15) is 0 Å². The number of carbonyl (C=O) groups is 1. The van der Waals surface area contributed by atoms with Crippen molar-refractivity contribution >= 4 is 11.9 Å². The average molecular weight is 416 g/mol. The van der Waals surface area contributed by atoms with Crippen LogP contribution in [0.3, 0.4) is 0 Å². The summed E-state index contributed by atoms with van der Waals surface area (Å²) in [6.45, 7) is 6.03. The van der Waals surface area contributed by atoms with E-state index < -0.39 is 0 Å². The van der Waals surface area contributed by atoms with Gasteiger partial charge in [-0.3, -0.25) is 14.7 Å². The highest BCUT2D eigenvalue weighted by Gasteiger charge is 2.38. The Kier molecular flexibility index (Phi) is 8.96. The van der Waals surface area contributed by atoms with Crippen molar-refractivity contribution in [2.24, 2.45) is 4.99 Å². The van der Waals surface area contributed by atoms with Gasteiger partial charge in [-0.05, 0) is 31.4 Å². The molecule has 166 valence electrons. The topological polar surface area (TPSA) is 78.0 Å². The third kappa shape index (κ3) is 6.44. The summed E-state index contributed by atoms with van der Waals surface area (Å²) < 4.78 is 5.58. The number of benzene rings is 1. The lowest BCUT2D eigenvalue weighted by Crippen LogP contribution is -2.60. The SMILES string of the molecule is CN=C(NCCCNC(=O)c1ccccc1)NCC1(N2CCOCC2)CCCCC1. The number of ether oxygens (including phenoxy) is 1. The Morgan fingerprint density at radius 1 is 1.03 bits per heavy atom. The van der Waals surface area contributed by atoms with Crippen LogP contribution in [0.15, 0.2) is 35.3 Å². The van der Waals surface area contributed by atoms with Crippen LogP contribution in [0.2, 0.25) is 0 Å². The minimum atomic E-state index is -0.0251. The first kappa shape index (κ1) is 22.6. The second-order valence-electron chi connectivity index (χ2n) is 8.21. The molecule has 0 unspecified atom stereocenters. The highest BCUT2D eigenvalue weighted by Crippen LogP contribution is 2.33. The summed E-state index contributed by atoms with van der Waals surface area (Å²) in [6, 6.07) is 9.32. The van der Waals surface area contributed by atoms with Gasteiger partial charge in [0.1, 0.15) is 0 Å². The zero-order chi connectivity index (χ0) is 21.1. The number of rotatable bonds is 8. The number of amides is 1. The van der Waals surface area contributed by atoms with E-state index >= 15 is 0 Å². The van der Waals surface area contributed by atoms with Gasteiger partial charge >= 0.3 is 0 Å². The van der Waals surface area contributed by atoms with Crippen LogP contribution in [0, 0.1) is 0 Å². The van der Waals surface area contributed by atoms with Crippen molar-refractivity contribution in [3.8, 4) is 0 Å².